The van der Waals surface area contributed by atoms with Gasteiger partial charge in [-0.05, 0) is 50.5 Å². The maximum absolute atomic E-state index is 13.2. The number of hydrogen-bond donors (Lipinski definition) is 1. The van der Waals surface area contributed by atoms with E-state index in [2.05, 4.69) is 17.1 Å². The summed E-state index contributed by atoms with van der Waals surface area (Å²) in [6, 6.07) is 6.35. The van der Waals surface area contributed by atoms with E-state index < -0.39 is 11.7 Å². The summed E-state index contributed by atoms with van der Waals surface area (Å²) in [5.41, 5.74) is -0.102. The Morgan fingerprint density at radius 3 is 2.50 bits per heavy atom. The van der Waals surface area contributed by atoms with Gasteiger partial charge in [0, 0.05) is 12.6 Å². The molecule has 0 bridgehead atoms. The normalized spacial score (nSPS) is 17.1. The van der Waals surface area contributed by atoms with Gasteiger partial charge in [0.15, 0.2) is 0 Å². The lowest BCUT2D eigenvalue weighted by Gasteiger charge is -2.35. The second-order valence-corrected chi connectivity index (χ2v) is 5.96. The Morgan fingerprint density at radius 1 is 1.18 bits per heavy atom. The molecule has 1 saturated heterocycles. The first-order valence-corrected chi connectivity index (χ1v) is 8.12. The number of nitrogens with zero attached hydrogens (tertiary/aromatic N) is 1. The molecule has 0 saturated carbocycles. The van der Waals surface area contributed by atoms with Gasteiger partial charge in [-0.15, -0.1) is 0 Å². The van der Waals surface area contributed by atoms with E-state index >= 15 is 0 Å². The van der Waals surface area contributed by atoms with Crippen molar-refractivity contribution in [1.82, 2.24) is 10.2 Å². The van der Waals surface area contributed by atoms with E-state index in [4.69, 9.17) is 0 Å². The van der Waals surface area contributed by atoms with E-state index in [1.54, 1.807) is 12.1 Å². The lowest BCUT2D eigenvalue weighted by Crippen LogP contribution is -2.43. The minimum Gasteiger partial charge on any atom is -0.317 e. The molecule has 0 atom stereocenters. The van der Waals surface area contributed by atoms with Gasteiger partial charge in [0.05, 0.1) is 5.56 Å². The summed E-state index contributed by atoms with van der Waals surface area (Å²) in [5, 5.41) is 3.32. The van der Waals surface area contributed by atoms with Crippen LogP contribution < -0.4 is 5.32 Å². The maximum atomic E-state index is 13.2. The first-order chi connectivity index (χ1) is 10.5. The van der Waals surface area contributed by atoms with Crippen LogP contribution in [0.2, 0.25) is 0 Å². The molecule has 0 unspecified atom stereocenters. The van der Waals surface area contributed by atoms with Gasteiger partial charge in [-0.2, -0.15) is 13.2 Å². The number of benzene rings is 1. The first-order valence-electron chi connectivity index (χ1n) is 8.12. The fourth-order valence-electron chi connectivity index (χ4n) is 3.08. The van der Waals surface area contributed by atoms with Gasteiger partial charge in [0.2, 0.25) is 0 Å². The van der Waals surface area contributed by atoms with Crippen LogP contribution in [0.1, 0.15) is 43.7 Å². The fraction of sp³-hybridized carbons (Fsp3) is 0.647. The van der Waals surface area contributed by atoms with Crippen molar-refractivity contribution in [1.29, 1.82) is 0 Å². The summed E-state index contributed by atoms with van der Waals surface area (Å²) >= 11 is 0. The quantitative estimate of drug-likeness (QED) is 0.852. The standard InChI is InChI=1S/C17H25F3N2/c1-2-3-12-22(15-8-10-21-11-9-15)13-14-6-4-5-7-16(14)17(18,19)20/h4-7,15,21H,2-3,8-13H2,1H3. The van der Waals surface area contributed by atoms with E-state index in [1.807, 2.05) is 0 Å². The number of hydrogen-bond acceptors (Lipinski definition) is 2. The Morgan fingerprint density at radius 2 is 1.86 bits per heavy atom. The third-order valence-electron chi connectivity index (χ3n) is 4.32. The minimum absolute atomic E-state index is 0.383. The van der Waals surface area contributed by atoms with Gasteiger partial charge in [-0.25, -0.2) is 0 Å². The highest BCUT2D eigenvalue weighted by Crippen LogP contribution is 2.33. The summed E-state index contributed by atoms with van der Waals surface area (Å²) in [4.78, 5) is 2.24. The largest absolute Gasteiger partial charge is 0.416 e. The summed E-state index contributed by atoms with van der Waals surface area (Å²) in [6.45, 7) is 5.28. The van der Waals surface area contributed by atoms with Crippen LogP contribution in [0.15, 0.2) is 24.3 Å². The molecule has 0 radical (unpaired) electrons. The number of rotatable bonds is 6. The molecular weight excluding hydrogens is 289 g/mol. The van der Waals surface area contributed by atoms with E-state index in [1.165, 1.54) is 12.1 Å². The maximum Gasteiger partial charge on any atom is 0.416 e. The third kappa shape index (κ3) is 4.71. The molecule has 0 aliphatic carbocycles. The number of nitrogens with one attached hydrogen (secondary N) is 1. The summed E-state index contributed by atoms with van der Waals surface area (Å²) in [7, 11) is 0. The summed E-state index contributed by atoms with van der Waals surface area (Å²) in [5.74, 6) is 0. The van der Waals surface area contributed by atoms with Crippen LogP contribution in [-0.4, -0.2) is 30.6 Å². The summed E-state index contributed by atoms with van der Waals surface area (Å²) < 4.78 is 39.5. The second kappa shape index (κ2) is 7.97. The summed E-state index contributed by atoms with van der Waals surface area (Å²) in [6.07, 6.45) is -0.169. The monoisotopic (exact) mass is 314 g/mol. The van der Waals surface area contributed by atoms with Crippen molar-refractivity contribution in [3.63, 3.8) is 0 Å². The molecule has 0 aromatic heterocycles. The number of unbranched alkanes of at least 4 members (excludes halogenated alkanes) is 1. The minimum atomic E-state index is -4.28. The van der Waals surface area contributed by atoms with Crippen molar-refractivity contribution in [2.45, 2.75) is 51.4 Å². The molecule has 1 aliphatic rings. The lowest BCUT2D eigenvalue weighted by atomic mass is 10.0. The van der Waals surface area contributed by atoms with E-state index in [-0.39, 0.29) is 0 Å². The van der Waals surface area contributed by atoms with E-state index in [0.717, 1.165) is 45.3 Å². The Labute approximate surface area is 130 Å². The smallest absolute Gasteiger partial charge is 0.317 e. The molecule has 0 amide bonds. The molecule has 1 aliphatic heterocycles. The van der Waals surface area contributed by atoms with Crippen LogP contribution in [0.5, 0.6) is 0 Å². The van der Waals surface area contributed by atoms with Crippen molar-refractivity contribution >= 4 is 0 Å². The fourth-order valence-corrected chi connectivity index (χ4v) is 3.08. The second-order valence-electron chi connectivity index (χ2n) is 5.96. The number of piperidine rings is 1. The lowest BCUT2D eigenvalue weighted by molar-refractivity contribution is -0.138. The number of alkyl halides is 3. The molecule has 5 heteroatoms. The van der Waals surface area contributed by atoms with Gasteiger partial charge in [-0.3, -0.25) is 4.90 Å². The molecule has 2 rings (SSSR count). The molecule has 1 fully saturated rings. The molecule has 1 aromatic rings. The predicted molar refractivity (Wildman–Crippen MR) is 82.7 cm³/mol. The van der Waals surface area contributed by atoms with Crippen LogP contribution in [0.25, 0.3) is 0 Å². The van der Waals surface area contributed by atoms with Crippen molar-refractivity contribution < 1.29 is 13.2 Å². The average Bonchev–Trinajstić information content (AvgIpc) is 2.51. The van der Waals surface area contributed by atoms with Crippen LogP contribution in [-0.2, 0) is 12.7 Å². The number of halogens is 3. The van der Waals surface area contributed by atoms with Crippen LogP contribution in [0, 0.1) is 0 Å². The highest BCUT2D eigenvalue weighted by molar-refractivity contribution is 5.29. The van der Waals surface area contributed by atoms with E-state index in [9.17, 15) is 13.2 Å². The van der Waals surface area contributed by atoms with Gasteiger partial charge < -0.3 is 5.32 Å². The Bertz CT molecular complexity index is 453. The molecular formula is C17H25F3N2. The van der Waals surface area contributed by atoms with Crippen molar-refractivity contribution in [3.05, 3.63) is 35.4 Å². The molecule has 1 aromatic carbocycles. The van der Waals surface area contributed by atoms with Crippen LogP contribution in [0.4, 0.5) is 13.2 Å². The van der Waals surface area contributed by atoms with Crippen LogP contribution >= 0.6 is 0 Å². The zero-order valence-electron chi connectivity index (χ0n) is 13.1. The SMILES string of the molecule is CCCCN(Cc1ccccc1C(F)(F)F)C1CCNCC1. The predicted octanol–water partition coefficient (Wildman–Crippen LogP) is 4.06. The Kier molecular flexibility index (Phi) is 6.26. The van der Waals surface area contributed by atoms with Crippen LogP contribution in [0.3, 0.4) is 0 Å². The topological polar surface area (TPSA) is 15.3 Å². The molecule has 22 heavy (non-hydrogen) atoms. The molecule has 124 valence electrons. The van der Waals surface area contributed by atoms with E-state index in [0.29, 0.717) is 18.2 Å². The first kappa shape index (κ1) is 17.3. The molecule has 1 N–H and O–H groups in total. The zero-order valence-corrected chi connectivity index (χ0v) is 13.1. The van der Waals surface area contributed by atoms with Gasteiger partial charge in [0.1, 0.15) is 0 Å². The van der Waals surface area contributed by atoms with Gasteiger partial charge >= 0.3 is 6.18 Å². The molecule has 2 nitrogen and oxygen atoms in total. The average molecular weight is 314 g/mol. The third-order valence-corrected chi connectivity index (χ3v) is 4.32. The Hall–Kier alpha value is -1.07. The molecule has 1 heterocycles. The molecule has 0 spiro atoms. The Balaban J connectivity index is 2.15. The highest BCUT2D eigenvalue weighted by Gasteiger charge is 2.33. The zero-order chi connectivity index (χ0) is 16.0. The van der Waals surface area contributed by atoms with Gasteiger partial charge in [0.25, 0.3) is 0 Å². The highest BCUT2D eigenvalue weighted by atomic mass is 19.4. The van der Waals surface area contributed by atoms with Crippen molar-refractivity contribution in [3.8, 4) is 0 Å². The van der Waals surface area contributed by atoms with Crippen molar-refractivity contribution in [2.24, 2.45) is 0 Å². The van der Waals surface area contributed by atoms with Crippen molar-refractivity contribution in [2.75, 3.05) is 19.6 Å². The van der Waals surface area contributed by atoms with Gasteiger partial charge in [-0.1, -0.05) is 31.5 Å².